The van der Waals surface area contributed by atoms with E-state index in [-0.39, 0.29) is 18.1 Å². The average Bonchev–Trinajstić information content (AvgIpc) is 2.77. The van der Waals surface area contributed by atoms with Crippen LogP contribution in [0.4, 0.5) is 0 Å². The van der Waals surface area contributed by atoms with Crippen molar-refractivity contribution < 1.29 is 14.3 Å². The minimum absolute atomic E-state index is 0.142. The second-order valence-corrected chi connectivity index (χ2v) is 4.21. The van der Waals surface area contributed by atoms with Crippen molar-refractivity contribution in [2.45, 2.75) is 4.83 Å². The third kappa shape index (κ3) is 3.56. The molecular weight excluding hydrogens is 286 g/mol. The molecule has 1 aromatic heterocycles. The Labute approximate surface area is 98.3 Å². The number of hydrogen-bond acceptors (Lipinski definition) is 6. The molecule has 0 fully saturated rings. The Balaban J connectivity index is 2.38. The SMILES string of the molecule is COC(=O)C(Br)CNC(=O)c1csnn1. The number of nitrogens with zero attached hydrogens (tertiary/aromatic N) is 2. The summed E-state index contributed by atoms with van der Waals surface area (Å²) in [5.74, 6) is -0.802. The Morgan fingerprint density at radius 2 is 2.47 bits per heavy atom. The summed E-state index contributed by atoms with van der Waals surface area (Å²) in [5, 5.41) is 7.63. The van der Waals surface area contributed by atoms with E-state index >= 15 is 0 Å². The van der Waals surface area contributed by atoms with E-state index in [1.807, 2.05) is 0 Å². The van der Waals surface area contributed by atoms with Crippen molar-refractivity contribution in [3.05, 3.63) is 11.1 Å². The number of carbonyl (C=O) groups is 2. The van der Waals surface area contributed by atoms with Crippen LogP contribution in [0.15, 0.2) is 5.38 Å². The summed E-state index contributed by atoms with van der Waals surface area (Å²) in [6.45, 7) is 0.142. The molecule has 0 saturated heterocycles. The van der Waals surface area contributed by atoms with Crippen molar-refractivity contribution in [2.75, 3.05) is 13.7 Å². The molecule has 6 nitrogen and oxygen atoms in total. The maximum absolute atomic E-state index is 11.3. The summed E-state index contributed by atoms with van der Waals surface area (Å²) in [6.07, 6.45) is 0. The first-order valence-corrected chi connectivity index (χ1v) is 5.67. The number of aromatic nitrogens is 2. The van der Waals surface area contributed by atoms with Crippen LogP contribution in [0.25, 0.3) is 0 Å². The van der Waals surface area contributed by atoms with Gasteiger partial charge in [0.25, 0.3) is 5.91 Å². The van der Waals surface area contributed by atoms with E-state index in [1.54, 1.807) is 0 Å². The number of nitrogens with one attached hydrogen (secondary N) is 1. The summed E-state index contributed by atoms with van der Waals surface area (Å²) in [5.41, 5.74) is 0.240. The Hall–Kier alpha value is -1.02. The topological polar surface area (TPSA) is 81.2 Å². The second-order valence-electron chi connectivity index (χ2n) is 2.49. The number of carbonyl (C=O) groups excluding carboxylic acids is 2. The molecule has 82 valence electrons. The molecule has 0 saturated carbocycles. The summed E-state index contributed by atoms with van der Waals surface area (Å²) in [4.78, 5) is 21.7. The number of amides is 1. The number of halogens is 1. The highest BCUT2D eigenvalue weighted by molar-refractivity contribution is 9.10. The molecular formula is C7H8BrN3O3S. The minimum atomic E-state index is -0.557. The number of alkyl halides is 1. The van der Waals surface area contributed by atoms with E-state index in [0.717, 1.165) is 11.5 Å². The van der Waals surface area contributed by atoms with Gasteiger partial charge in [0.15, 0.2) is 5.69 Å². The third-order valence-corrected chi connectivity index (χ3v) is 2.69. The molecule has 1 aromatic rings. The number of methoxy groups -OCH3 is 1. The van der Waals surface area contributed by atoms with Crippen molar-refractivity contribution in [3.8, 4) is 0 Å². The maximum atomic E-state index is 11.3. The summed E-state index contributed by atoms with van der Waals surface area (Å²) in [7, 11) is 1.28. The van der Waals surface area contributed by atoms with Gasteiger partial charge in [0, 0.05) is 11.9 Å². The molecule has 1 N–H and O–H groups in total. The molecule has 0 aliphatic heterocycles. The predicted molar refractivity (Wildman–Crippen MR) is 57.0 cm³/mol. The van der Waals surface area contributed by atoms with Gasteiger partial charge in [0.05, 0.1) is 7.11 Å². The lowest BCUT2D eigenvalue weighted by Crippen LogP contribution is -2.34. The predicted octanol–water partition coefficient (Wildman–Crippen LogP) is 0.204. The van der Waals surface area contributed by atoms with Gasteiger partial charge in [0.1, 0.15) is 4.83 Å². The quantitative estimate of drug-likeness (QED) is 0.634. The molecule has 1 rings (SSSR count). The fourth-order valence-electron chi connectivity index (χ4n) is 0.748. The molecule has 15 heavy (non-hydrogen) atoms. The zero-order chi connectivity index (χ0) is 11.3. The van der Waals surface area contributed by atoms with E-state index in [9.17, 15) is 9.59 Å². The Morgan fingerprint density at radius 3 is 3.00 bits per heavy atom. The van der Waals surface area contributed by atoms with Gasteiger partial charge in [-0.2, -0.15) is 0 Å². The van der Waals surface area contributed by atoms with Crippen molar-refractivity contribution >= 4 is 39.3 Å². The molecule has 0 spiro atoms. The normalized spacial score (nSPS) is 11.9. The first kappa shape index (κ1) is 12.1. The van der Waals surface area contributed by atoms with Crippen LogP contribution in [0.5, 0.6) is 0 Å². The number of esters is 1. The van der Waals surface area contributed by atoms with E-state index in [1.165, 1.54) is 12.5 Å². The lowest BCUT2D eigenvalue weighted by molar-refractivity contribution is -0.139. The molecule has 0 aliphatic rings. The number of ether oxygens (including phenoxy) is 1. The van der Waals surface area contributed by atoms with Crippen molar-refractivity contribution in [1.82, 2.24) is 14.9 Å². The molecule has 0 bridgehead atoms. The molecule has 1 heterocycles. The Bertz CT molecular complexity index is 343. The van der Waals surface area contributed by atoms with Gasteiger partial charge in [-0.05, 0) is 11.5 Å². The zero-order valence-electron chi connectivity index (χ0n) is 7.77. The summed E-state index contributed by atoms with van der Waals surface area (Å²) in [6, 6.07) is 0. The van der Waals surface area contributed by atoms with E-state index in [0.29, 0.717) is 0 Å². The second kappa shape index (κ2) is 5.76. The number of hydrogen-bond donors (Lipinski definition) is 1. The van der Waals surface area contributed by atoms with Crippen LogP contribution in [0, 0.1) is 0 Å². The van der Waals surface area contributed by atoms with E-state index in [2.05, 4.69) is 35.6 Å². The standard InChI is InChI=1S/C7H8BrN3O3S/c1-14-7(13)4(8)2-9-6(12)5-3-15-11-10-5/h3-4H,2H2,1H3,(H,9,12). The lowest BCUT2D eigenvalue weighted by Gasteiger charge is -2.07. The Kier molecular flexibility index (Phi) is 4.63. The van der Waals surface area contributed by atoms with Crippen LogP contribution in [-0.2, 0) is 9.53 Å². The van der Waals surface area contributed by atoms with Crippen molar-refractivity contribution in [1.29, 1.82) is 0 Å². The molecule has 1 atom stereocenters. The maximum Gasteiger partial charge on any atom is 0.321 e. The zero-order valence-corrected chi connectivity index (χ0v) is 10.2. The molecule has 0 aromatic carbocycles. The highest BCUT2D eigenvalue weighted by atomic mass is 79.9. The Morgan fingerprint density at radius 1 is 1.73 bits per heavy atom. The first-order valence-electron chi connectivity index (χ1n) is 3.92. The average molecular weight is 294 g/mol. The molecule has 1 amide bonds. The monoisotopic (exact) mass is 293 g/mol. The molecule has 0 radical (unpaired) electrons. The minimum Gasteiger partial charge on any atom is -0.468 e. The van der Waals surface area contributed by atoms with Crippen molar-refractivity contribution in [2.24, 2.45) is 0 Å². The fraction of sp³-hybridized carbons (Fsp3) is 0.429. The van der Waals surface area contributed by atoms with Gasteiger partial charge in [-0.3, -0.25) is 9.59 Å². The molecule has 8 heteroatoms. The van der Waals surface area contributed by atoms with Crippen LogP contribution in [0.3, 0.4) is 0 Å². The van der Waals surface area contributed by atoms with Gasteiger partial charge >= 0.3 is 5.97 Å². The van der Waals surface area contributed by atoms with Gasteiger partial charge in [-0.25, -0.2) is 0 Å². The van der Waals surface area contributed by atoms with Crippen LogP contribution in [0.1, 0.15) is 10.5 Å². The lowest BCUT2D eigenvalue weighted by atomic mass is 10.4. The highest BCUT2D eigenvalue weighted by Crippen LogP contribution is 2.01. The van der Waals surface area contributed by atoms with Crippen LogP contribution < -0.4 is 5.32 Å². The van der Waals surface area contributed by atoms with Crippen LogP contribution >= 0.6 is 27.5 Å². The third-order valence-electron chi connectivity index (χ3n) is 1.49. The number of rotatable bonds is 4. The first-order chi connectivity index (χ1) is 7.15. The van der Waals surface area contributed by atoms with Gasteiger partial charge < -0.3 is 10.1 Å². The smallest absolute Gasteiger partial charge is 0.321 e. The van der Waals surface area contributed by atoms with Crippen molar-refractivity contribution in [3.63, 3.8) is 0 Å². The van der Waals surface area contributed by atoms with Crippen LogP contribution in [0.2, 0.25) is 0 Å². The van der Waals surface area contributed by atoms with Gasteiger partial charge in [0.2, 0.25) is 0 Å². The van der Waals surface area contributed by atoms with E-state index in [4.69, 9.17) is 0 Å². The highest BCUT2D eigenvalue weighted by Gasteiger charge is 2.17. The fourth-order valence-corrected chi connectivity index (χ4v) is 1.53. The summed E-state index contributed by atoms with van der Waals surface area (Å²) < 4.78 is 8.02. The van der Waals surface area contributed by atoms with Gasteiger partial charge in [-0.15, -0.1) is 5.10 Å². The van der Waals surface area contributed by atoms with Gasteiger partial charge in [-0.1, -0.05) is 20.4 Å². The molecule has 0 aliphatic carbocycles. The molecule has 1 unspecified atom stereocenters. The largest absolute Gasteiger partial charge is 0.468 e. The summed E-state index contributed by atoms with van der Waals surface area (Å²) >= 11 is 4.16. The van der Waals surface area contributed by atoms with Crippen LogP contribution in [-0.4, -0.2) is 39.9 Å². The van der Waals surface area contributed by atoms with E-state index < -0.39 is 10.8 Å².